The van der Waals surface area contributed by atoms with E-state index < -0.39 is 0 Å². The number of nitriles is 1. The van der Waals surface area contributed by atoms with Crippen LogP contribution in [0, 0.1) is 11.3 Å². The van der Waals surface area contributed by atoms with Crippen LogP contribution in [0.1, 0.15) is 38.3 Å². The molecule has 3 aromatic rings. The molecule has 35 heavy (non-hydrogen) atoms. The number of nitrogens with two attached hydrogens (primary N) is 2. The zero-order valence-corrected chi connectivity index (χ0v) is 20.9. The predicted octanol–water partition coefficient (Wildman–Crippen LogP) is 5.21. The molecule has 0 saturated heterocycles. The minimum atomic E-state index is -0.317. The van der Waals surface area contributed by atoms with E-state index in [1.165, 1.54) is 0 Å². The van der Waals surface area contributed by atoms with E-state index in [0.717, 1.165) is 38.7 Å². The molecule has 2 aromatic carbocycles. The highest BCUT2D eigenvalue weighted by molar-refractivity contribution is 6.00. The van der Waals surface area contributed by atoms with Crippen LogP contribution in [0.2, 0.25) is 0 Å². The van der Waals surface area contributed by atoms with Crippen molar-refractivity contribution in [1.82, 2.24) is 4.98 Å². The van der Waals surface area contributed by atoms with Crippen LogP contribution in [0.25, 0.3) is 27.6 Å². The molecule has 1 heterocycles. The highest BCUT2D eigenvalue weighted by Crippen LogP contribution is 2.39. The van der Waals surface area contributed by atoms with Gasteiger partial charge >= 0.3 is 0 Å². The zero-order chi connectivity index (χ0) is 25.5. The molecule has 0 spiro atoms. The summed E-state index contributed by atoms with van der Waals surface area (Å²) in [7, 11) is 1.66. The van der Waals surface area contributed by atoms with Gasteiger partial charge in [-0.25, -0.2) is 0 Å². The summed E-state index contributed by atoms with van der Waals surface area (Å²) >= 11 is 0. The summed E-state index contributed by atoms with van der Waals surface area (Å²) in [5, 5.41) is 10.0. The Morgan fingerprint density at radius 1 is 1.17 bits per heavy atom. The number of hydrogen-bond donors (Lipinski definition) is 2. The second-order valence-electron chi connectivity index (χ2n) is 8.73. The number of hydrogen-bond acceptors (Lipinski definition) is 6. The maximum absolute atomic E-state index is 9.13. The van der Waals surface area contributed by atoms with Gasteiger partial charge in [-0.05, 0) is 62.1 Å². The lowest BCUT2D eigenvalue weighted by atomic mass is 9.90. The smallest absolute Gasteiger partial charge is 0.137 e. The molecule has 0 aliphatic heterocycles. The lowest BCUT2D eigenvalue weighted by Gasteiger charge is -2.25. The van der Waals surface area contributed by atoms with Crippen LogP contribution >= 0.6 is 0 Å². The highest BCUT2D eigenvalue weighted by Gasteiger charge is 2.23. The van der Waals surface area contributed by atoms with Gasteiger partial charge in [0.25, 0.3) is 0 Å². The van der Waals surface area contributed by atoms with E-state index >= 15 is 0 Å². The molecule has 3 atom stereocenters. The van der Waals surface area contributed by atoms with E-state index in [4.69, 9.17) is 31.2 Å². The fourth-order valence-corrected chi connectivity index (χ4v) is 4.37. The monoisotopic (exact) mass is 470 g/mol. The van der Waals surface area contributed by atoms with Crippen LogP contribution in [0.15, 0.2) is 66.9 Å². The van der Waals surface area contributed by atoms with Crippen LogP contribution in [0.4, 0.5) is 0 Å². The number of ether oxygens (including phenoxy) is 2. The molecule has 0 saturated carbocycles. The van der Waals surface area contributed by atoms with E-state index in [2.05, 4.69) is 12.6 Å². The molecule has 182 valence electrons. The number of para-hydroxylation sites is 1. The molecule has 0 aliphatic rings. The van der Waals surface area contributed by atoms with Gasteiger partial charge in [0.05, 0.1) is 36.5 Å². The number of allylic oxidation sites excluding steroid dienone is 2. The van der Waals surface area contributed by atoms with Crippen LogP contribution in [-0.4, -0.2) is 36.9 Å². The van der Waals surface area contributed by atoms with Gasteiger partial charge in [0, 0.05) is 35.3 Å². The van der Waals surface area contributed by atoms with Crippen LogP contribution in [0.3, 0.4) is 0 Å². The predicted molar refractivity (Wildman–Crippen MR) is 143 cm³/mol. The molecular formula is C29H34N4O2. The lowest BCUT2D eigenvalue weighted by molar-refractivity contribution is 0.00818. The fraction of sp³-hybridized carbons (Fsp3) is 0.310. The molecule has 6 heteroatoms. The van der Waals surface area contributed by atoms with Gasteiger partial charge in [0.1, 0.15) is 5.75 Å². The Bertz CT molecular complexity index is 1260. The zero-order valence-electron chi connectivity index (χ0n) is 20.9. The second kappa shape index (κ2) is 11.8. The Hall–Kier alpha value is -3.50. The summed E-state index contributed by atoms with van der Waals surface area (Å²) in [6.45, 7) is 10.4. The Labute approximate surface area is 207 Å². The molecule has 0 bridgehead atoms. The maximum atomic E-state index is 9.13. The molecule has 0 aliphatic carbocycles. The van der Waals surface area contributed by atoms with Crippen molar-refractivity contribution in [2.45, 2.75) is 45.4 Å². The SMILES string of the molecule is C=C/C(C)=C(/c1cnc2c(-c3ccc(C#N)cc3)cccc2c1OC)C(N)C[C@H](C)O[C@H](C)CN. The summed E-state index contributed by atoms with van der Waals surface area (Å²) in [4.78, 5) is 4.85. The first kappa shape index (κ1) is 26.1. The highest BCUT2D eigenvalue weighted by atomic mass is 16.5. The third kappa shape index (κ3) is 5.77. The van der Waals surface area contributed by atoms with Gasteiger partial charge in [-0.3, -0.25) is 4.98 Å². The van der Waals surface area contributed by atoms with Crippen molar-refractivity contribution in [3.05, 3.63) is 78.0 Å². The quantitative estimate of drug-likeness (QED) is 0.394. The number of pyridine rings is 1. The average Bonchev–Trinajstić information content (AvgIpc) is 2.87. The number of nitrogens with zero attached hydrogens (tertiary/aromatic N) is 2. The summed E-state index contributed by atoms with van der Waals surface area (Å²) in [5.41, 5.74) is 18.5. The van der Waals surface area contributed by atoms with Crippen LogP contribution in [-0.2, 0) is 4.74 Å². The first-order valence-electron chi connectivity index (χ1n) is 11.7. The van der Waals surface area contributed by atoms with E-state index in [0.29, 0.717) is 24.3 Å². The van der Waals surface area contributed by atoms with Gasteiger partial charge in [-0.2, -0.15) is 5.26 Å². The Morgan fingerprint density at radius 3 is 2.49 bits per heavy atom. The van der Waals surface area contributed by atoms with Gasteiger partial charge in [0.2, 0.25) is 0 Å². The van der Waals surface area contributed by atoms with Crippen molar-refractivity contribution in [3.8, 4) is 22.9 Å². The average molecular weight is 471 g/mol. The van der Waals surface area contributed by atoms with E-state index in [1.807, 2.05) is 69.4 Å². The molecule has 1 unspecified atom stereocenters. The minimum Gasteiger partial charge on any atom is -0.495 e. The maximum Gasteiger partial charge on any atom is 0.137 e. The summed E-state index contributed by atoms with van der Waals surface area (Å²) in [5.74, 6) is 0.709. The van der Waals surface area contributed by atoms with Crippen molar-refractivity contribution in [2.75, 3.05) is 13.7 Å². The molecular weight excluding hydrogens is 436 g/mol. The fourth-order valence-electron chi connectivity index (χ4n) is 4.37. The van der Waals surface area contributed by atoms with Gasteiger partial charge in [0.15, 0.2) is 0 Å². The topological polar surface area (TPSA) is 107 Å². The minimum absolute atomic E-state index is 0.0392. The number of methoxy groups -OCH3 is 1. The largest absolute Gasteiger partial charge is 0.495 e. The number of fused-ring (bicyclic) bond motifs is 1. The normalized spacial score (nSPS) is 14.5. The van der Waals surface area contributed by atoms with Gasteiger partial charge in [-0.1, -0.05) is 36.9 Å². The Morgan fingerprint density at radius 2 is 1.89 bits per heavy atom. The lowest BCUT2D eigenvalue weighted by Crippen LogP contribution is -2.32. The van der Waals surface area contributed by atoms with E-state index in [9.17, 15) is 0 Å². The molecule has 6 nitrogen and oxygen atoms in total. The van der Waals surface area contributed by atoms with Crippen molar-refractivity contribution in [3.63, 3.8) is 0 Å². The molecule has 0 fully saturated rings. The van der Waals surface area contributed by atoms with Crippen LogP contribution in [0.5, 0.6) is 5.75 Å². The number of benzene rings is 2. The van der Waals surface area contributed by atoms with Crippen molar-refractivity contribution in [1.29, 1.82) is 5.26 Å². The standard InChI is InChI=1S/C29H34N4O2/c1-6-18(2)27(26(32)14-19(3)35-20(4)15-30)25-17-33-28-23(8-7-9-24(28)29(25)34-5)22-12-10-21(16-31)11-13-22/h6-13,17,19-20,26H,1,14-15,30,32H2,2-5H3/b27-18-/t19-,20+,26?/m0/s1. The number of aromatic nitrogens is 1. The van der Waals surface area contributed by atoms with Crippen molar-refractivity contribution < 1.29 is 9.47 Å². The first-order valence-corrected chi connectivity index (χ1v) is 11.7. The molecule has 1 aromatic heterocycles. The molecule has 0 radical (unpaired) electrons. The molecule has 4 N–H and O–H groups in total. The summed E-state index contributed by atoms with van der Waals surface area (Å²) in [6, 6.07) is 15.3. The Kier molecular flexibility index (Phi) is 8.78. The summed E-state index contributed by atoms with van der Waals surface area (Å²) < 4.78 is 11.9. The van der Waals surface area contributed by atoms with E-state index in [-0.39, 0.29) is 18.2 Å². The van der Waals surface area contributed by atoms with E-state index in [1.54, 1.807) is 13.2 Å². The van der Waals surface area contributed by atoms with Crippen LogP contribution < -0.4 is 16.2 Å². The first-order chi connectivity index (χ1) is 16.8. The summed E-state index contributed by atoms with van der Waals surface area (Å²) in [6.07, 6.45) is 4.13. The van der Waals surface area contributed by atoms with Crippen molar-refractivity contribution in [2.24, 2.45) is 11.5 Å². The third-order valence-corrected chi connectivity index (χ3v) is 6.15. The Balaban J connectivity index is 2.11. The second-order valence-corrected chi connectivity index (χ2v) is 8.73. The number of rotatable bonds is 10. The molecule has 0 amide bonds. The van der Waals surface area contributed by atoms with Gasteiger partial charge in [-0.15, -0.1) is 0 Å². The third-order valence-electron chi connectivity index (χ3n) is 6.15. The molecule has 3 rings (SSSR count). The van der Waals surface area contributed by atoms with Crippen molar-refractivity contribution >= 4 is 16.5 Å². The van der Waals surface area contributed by atoms with Gasteiger partial charge < -0.3 is 20.9 Å².